The van der Waals surface area contributed by atoms with Gasteiger partial charge in [-0.15, -0.1) is 0 Å². The molecule has 0 bridgehead atoms. The summed E-state index contributed by atoms with van der Waals surface area (Å²) in [6, 6.07) is 26.4. The zero-order chi connectivity index (χ0) is 22.1. The van der Waals surface area contributed by atoms with Crippen molar-refractivity contribution in [1.29, 1.82) is 0 Å². The molecule has 0 aliphatic rings. The Bertz CT molecular complexity index is 971. The minimum Gasteiger partial charge on any atom is -0.481 e. The van der Waals surface area contributed by atoms with Crippen LogP contribution in [0.1, 0.15) is 18.9 Å². The first-order valence-corrected chi connectivity index (χ1v) is 10.3. The van der Waals surface area contributed by atoms with Crippen LogP contribution in [-0.4, -0.2) is 31.1 Å². The zero-order valence-corrected chi connectivity index (χ0v) is 17.8. The third kappa shape index (κ3) is 6.19. The van der Waals surface area contributed by atoms with E-state index in [1.54, 1.807) is 0 Å². The third-order valence-corrected chi connectivity index (χ3v) is 4.99. The number of carbonyl (C=O) groups excluding carboxylic acids is 2. The lowest BCUT2D eigenvalue weighted by molar-refractivity contribution is -0.146. The van der Waals surface area contributed by atoms with Gasteiger partial charge in [0, 0.05) is 6.42 Å². The SMILES string of the molecule is CCC(Oc1ccc(-c2ccccc2)cc1)C(=O)NC(Cc1ccccc1)C(=O)OC. The van der Waals surface area contributed by atoms with Gasteiger partial charge in [0.2, 0.25) is 0 Å². The quantitative estimate of drug-likeness (QED) is 0.524. The lowest BCUT2D eigenvalue weighted by Crippen LogP contribution is -2.48. The van der Waals surface area contributed by atoms with Crippen molar-refractivity contribution in [2.75, 3.05) is 7.11 Å². The molecule has 5 nitrogen and oxygen atoms in total. The molecule has 3 rings (SSSR count). The van der Waals surface area contributed by atoms with Crippen molar-refractivity contribution in [2.24, 2.45) is 0 Å². The molecule has 3 aromatic carbocycles. The summed E-state index contributed by atoms with van der Waals surface area (Å²) in [4.78, 5) is 25.1. The van der Waals surface area contributed by atoms with Crippen molar-refractivity contribution in [3.05, 3.63) is 90.5 Å². The van der Waals surface area contributed by atoms with Crippen LogP contribution in [0.3, 0.4) is 0 Å². The molecule has 1 amide bonds. The molecule has 0 aliphatic carbocycles. The summed E-state index contributed by atoms with van der Waals surface area (Å²) in [7, 11) is 1.31. The van der Waals surface area contributed by atoms with Crippen LogP contribution in [0.4, 0.5) is 0 Å². The van der Waals surface area contributed by atoms with Gasteiger partial charge in [-0.1, -0.05) is 79.7 Å². The van der Waals surface area contributed by atoms with Gasteiger partial charge in [0.15, 0.2) is 6.10 Å². The fraction of sp³-hybridized carbons (Fsp3) is 0.231. The van der Waals surface area contributed by atoms with E-state index in [1.807, 2.05) is 91.9 Å². The van der Waals surface area contributed by atoms with E-state index in [9.17, 15) is 9.59 Å². The average Bonchev–Trinajstić information content (AvgIpc) is 2.83. The number of carbonyl (C=O) groups is 2. The number of methoxy groups -OCH3 is 1. The second-order valence-corrected chi connectivity index (χ2v) is 7.18. The van der Waals surface area contributed by atoms with Crippen LogP contribution in [0.2, 0.25) is 0 Å². The summed E-state index contributed by atoms with van der Waals surface area (Å²) in [6.07, 6.45) is 0.0953. The van der Waals surface area contributed by atoms with Crippen LogP contribution in [-0.2, 0) is 20.7 Å². The fourth-order valence-corrected chi connectivity index (χ4v) is 3.29. The van der Waals surface area contributed by atoms with Gasteiger partial charge in [0.1, 0.15) is 11.8 Å². The first-order valence-electron chi connectivity index (χ1n) is 10.3. The van der Waals surface area contributed by atoms with Crippen LogP contribution in [0.5, 0.6) is 5.75 Å². The highest BCUT2D eigenvalue weighted by atomic mass is 16.5. The molecule has 3 aromatic rings. The summed E-state index contributed by atoms with van der Waals surface area (Å²) in [6.45, 7) is 1.87. The Morgan fingerprint density at radius 3 is 2.00 bits per heavy atom. The molecule has 31 heavy (non-hydrogen) atoms. The lowest BCUT2D eigenvalue weighted by Gasteiger charge is -2.21. The lowest BCUT2D eigenvalue weighted by atomic mass is 10.1. The van der Waals surface area contributed by atoms with Crippen molar-refractivity contribution in [3.8, 4) is 16.9 Å². The summed E-state index contributed by atoms with van der Waals surface area (Å²) in [5, 5.41) is 2.79. The van der Waals surface area contributed by atoms with Crippen LogP contribution < -0.4 is 10.1 Å². The number of ether oxygens (including phenoxy) is 2. The standard InChI is InChI=1S/C26H27NO4/c1-3-24(31-22-16-14-21(15-17-22)20-12-8-5-9-13-20)25(28)27-23(26(29)30-2)18-19-10-6-4-7-11-19/h4-17,23-24H,3,18H2,1-2H3,(H,27,28). The zero-order valence-electron chi connectivity index (χ0n) is 17.8. The smallest absolute Gasteiger partial charge is 0.328 e. The molecule has 0 heterocycles. The molecule has 2 atom stereocenters. The van der Waals surface area contributed by atoms with Gasteiger partial charge in [0.25, 0.3) is 5.91 Å². The highest BCUT2D eigenvalue weighted by molar-refractivity contribution is 5.87. The summed E-state index contributed by atoms with van der Waals surface area (Å²) in [5.74, 6) is -0.236. The number of nitrogens with one attached hydrogen (secondary N) is 1. The Kier molecular flexibility index (Phi) is 7.82. The van der Waals surface area contributed by atoms with E-state index in [-0.39, 0.29) is 5.91 Å². The molecule has 0 saturated heterocycles. The Balaban J connectivity index is 1.66. The van der Waals surface area contributed by atoms with Crippen LogP contribution in [0.25, 0.3) is 11.1 Å². The average molecular weight is 418 g/mol. The molecular weight excluding hydrogens is 390 g/mol. The number of hydrogen-bond acceptors (Lipinski definition) is 4. The van der Waals surface area contributed by atoms with Crippen molar-refractivity contribution >= 4 is 11.9 Å². The summed E-state index contributed by atoms with van der Waals surface area (Å²) in [5.41, 5.74) is 3.11. The number of hydrogen-bond donors (Lipinski definition) is 1. The minimum atomic E-state index is -0.780. The number of rotatable bonds is 9. The first kappa shape index (κ1) is 22.1. The Labute approximate surface area is 183 Å². The maximum absolute atomic E-state index is 12.8. The van der Waals surface area contributed by atoms with Crippen molar-refractivity contribution in [1.82, 2.24) is 5.32 Å². The van der Waals surface area contributed by atoms with Crippen LogP contribution in [0.15, 0.2) is 84.9 Å². The van der Waals surface area contributed by atoms with Gasteiger partial charge < -0.3 is 14.8 Å². The fourth-order valence-electron chi connectivity index (χ4n) is 3.29. The maximum atomic E-state index is 12.8. The molecule has 0 radical (unpaired) electrons. The van der Waals surface area contributed by atoms with Gasteiger partial charge in [-0.25, -0.2) is 4.79 Å². The van der Waals surface area contributed by atoms with Crippen molar-refractivity contribution < 1.29 is 19.1 Å². The van der Waals surface area contributed by atoms with Gasteiger partial charge in [-0.3, -0.25) is 4.79 Å². The van der Waals surface area contributed by atoms with Gasteiger partial charge in [0.05, 0.1) is 7.11 Å². The van der Waals surface area contributed by atoms with E-state index < -0.39 is 18.1 Å². The normalized spacial score (nSPS) is 12.5. The molecule has 1 N–H and O–H groups in total. The van der Waals surface area contributed by atoms with E-state index in [1.165, 1.54) is 7.11 Å². The molecular formula is C26H27NO4. The molecule has 0 aromatic heterocycles. The van der Waals surface area contributed by atoms with E-state index in [2.05, 4.69) is 5.32 Å². The Hall–Kier alpha value is -3.60. The minimum absolute atomic E-state index is 0.346. The summed E-state index contributed by atoms with van der Waals surface area (Å²) >= 11 is 0. The highest BCUT2D eigenvalue weighted by Crippen LogP contribution is 2.23. The highest BCUT2D eigenvalue weighted by Gasteiger charge is 2.26. The molecule has 0 fully saturated rings. The third-order valence-electron chi connectivity index (χ3n) is 4.99. The number of amides is 1. The van der Waals surface area contributed by atoms with E-state index in [0.29, 0.717) is 18.6 Å². The molecule has 0 aliphatic heterocycles. The second kappa shape index (κ2) is 11.0. The molecule has 2 unspecified atom stereocenters. The van der Waals surface area contributed by atoms with Gasteiger partial charge in [-0.2, -0.15) is 0 Å². The van der Waals surface area contributed by atoms with E-state index in [0.717, 1.165) is 16.7 Å². The van der Waals surface area contributed by atoms with Crippen molar-refractivity contribution in [3.63, 3.8) is 0 Å². The van der Waals surface area contributed by atoms with Crippen LogP contribution >= 0.6 is 0 Å². The Morgan fingerprint density at radius 1 is 0.839 bits per heavy atom. The topological polar surface area (TPSA) is 64.6 Å². The predicted molar refractivity (Wildman–Crippen MR) is 121 cm³/mol. The van der Waals surface area contributed by atoms with Gasteiger partial charge >= 0.3 is 5.97 Å². The first-order chi connectivity index (χ1) is 15.1. The molecule has 0 saturated carbocycles. The monoisotopic (exact) mass is 417 g/mol. The summed E-state index contributed by atoms with van der Waals surface area (Å²) < 4.78 is 10.8. The maximum Gasteiger partial charge on any atom is 0.328 e. The van der Waals surface area contributed by atoms with Gasteiger partial charge in [-0.05, 0) is 35.2 Å². The number of benzene rings is 3. The second-order valence-electron chi connectivity index (χ2n) is 7.18. The predicted octanol–water partition coefficient (Wildman–Crippen LogP) is 4.41. The molecule has 0 spiro atoms. The van der Waals surface area contributed by atoms with Crippen LogP contribution in [0, 0.1) is 0 Å². The van der Waals surface area contributed by atoms with E-state index in [4.69, 9.17) is 9.47 Å². The molecule has 160 valence electrons. The van der Waals surface area contributed by atoms with Crippen molar-refractivity contribution in [2.45, 2.75) is 31.9 Å². The van der Waals surface area contributed by atoms with E-state index >= 15 is 0 Å². The molecule has 5 heteroatoms. The largest absolute Gasteiger partial charge is 0.481 e. The Morgan fingerprint density at radius 2 is 1.42 bits per heavy atom. The number of esters is 1.